The molecule has 2 atom stereocenters. The minimum Gasteiger partial charge on any atom is -0.352 e. The van der Waals surface area contributed by atoms with Crippen molar-refractivity contribution in [1.82, 2.24) is 14.6 Å². The number of hydrogen-bond donors (Lipinski definition) is 2. The van der Waals surface area contributed by atoms with Crippen LogP contribution in [0.1, 0.15) is 45.2 Å². The van der Waals surface area contributed by atoms with Crippen molar-refractivity contribution in [1.29, 1.82) is 0 Å². The van der Waals surface area contributed by atoms with Gasteiger partial charge in [0.2, 0.25) is 10.0 Å². The van der Waals surface area contributed by atoms with E-state index in [1.807, 2.05) is 11.6 Å². The Balaban J connectivity index is 1.98. The highest BCUT2D eigenvalue weighted by Crippen LogP contribution is 2.35. The van der Waals surface area contributed by atoms with E-state index in [2.05, 4.69) is 23.9 Å². The molecule has 0 aromatic carbocycles. The Bertz CT molecular complexity index is 565. The highest BCUT2D eigenvalue weighted by molar-refractivity contribution is 7.89. The van der Waals surface area contributed by atoms with Crippen LogP contribution in [-0.2, 0) is 23.6 Å². The number of sulfonamides is 1. The molecule has 6 heteroatoms. The van der Waals surface area contributed by atoms with Crippen LogP contribution in [0.3, 0.4) is 0 Å². The summed E-state index contributed by atoms with van der Waals surface area (Å²) in [5, 5.41) is 3.30. The second-order valence-corrected chi connectivity index (χ2v) is 7.68. The molecule has 0 bridgehead atoms. The fourth-order valence-electron chi connectivity index (χ4n) is 2.64. The molecule has 1 heterocycles. The smallest absolute Gasteiger partial charge is 0.242 e. The molecule has 1 fully saturated rings. The summed E-state index contributed by atoms with van der Waals surface area (Å²) >= 11 is 0. The van der Waals surface area contributed by atoms with Crippen LogP contribution in [0.2, 0.25) is 0 Å². The third-order valence-electron chi connectivity index (χ3n) is 4.01. The highest BCUT2D eigenvalue weighted by atomic mass is 32.2. The van der Waals surface area contributed by atoms with Crippen molar-refractivity contribution in [3.8, 4) is 0 Å². The lowest BCUT2D eigenvalue weighted by Crippen LogP contribution is -2.26. The molecule has 1 aromatic heterocycles. The highest BCUT2D eigenvalue weighted by Gasteiger charge is 2.39. The average Bonchev–Trinajstić information content (AvgIpc) is 3.01. The molecule has 2 N–H and O–H groups in total. The summed E-state index contributed by atoms with van der Waals surface area (Å²) in [6.45, 7) is 5.88. The molecule has 5 nitrogen and oxygen atoms in total. The van der Waals surface area contributed by atoms with E-state index in [0.717, 1.165) is 37.9 Å². The normalized spacial score (nSPS) is 21.7. The third-order valence-corrected chi connectivity index (χ3v) is 5.47. The van der Waals surface area contributed by atoms with Crippen molar-refractivity contribution in [3.63, 3.8) is 0 Å². The number of nitrogens with one attached hydrogen (secondary N) is 2. The molecule has 0 spiro atoms. The molecule has 1 saturated carbocycles. The molecule has 1 aromatic rings. The molecule has 1 aliphatic rings. The molecule has 0 saturated heterocycles. The zero-order valence-electron chi connectivity index (χ0n) is 13.2. The maximum absolute atomic E-state index is 12.4. The lowest BCUT2D eigenvalue weighted by atomic mass is 10.2. The lowest BCUT2D eigenvalue weighted by molar-refractivity contribution is 0.573. The quantitative estimate of drug-likeness (QED) is 0.685. The Morgan fingerprint density at radius 1 is 1.33 bits per heavy atom. The van der Waals surface area contributed by atoms with E-state index in [-0.39, 0.29) is 6.04 Å². The van der Waals surface area contributed by atoms with Gasteiger partial charge in [-0.1, -0.05) is 20.3 Å². The second kappa shape index (κ2) is 6.94. The zero-order valence-corrected chi connectivity index (χ0v) is 14.0. The van der Waals surface area contributed by atoms with E-state index < -0.39 is 10.0 Å². The molecular formula is C15H27N3O2S. The maximum atomic E-state index is 12.4. The first-order valence-electron chi connectivity index (χ1n) is 7.86. The van der Waals surface area contributed by atoms with Crippen molar-refractivity contribution in [2.24, 2.45) is 13.0 Å². The maximum Gasteiger partial charge on any atom is 0.242 e. The van der Waals surface area contributed by atoms with Gasteiger partial charge >= 0.3 is 0 Å². The van der Waals surface area contributed by atoms with E-state index >= 15 is 0 Å². The van der Waals surface area contributed by atoms with Crippen LogP contribution in [0.5, 0.6) is 0 Å². The number of aromatic nitrogens is 1. The average molecular weight is 313 g/mol. The molecule has 2 unspecified atom stereocenters. The third kappa shape index (κ3) is 4.31. The molecule has 21 heavy (non-hydrogen) atoms. The van der Waals surface area contributed by atoms with Crippen molar-refractivity contribution in [2.45, 2.75) is 57.0 Å². The summed E-state index contributed by atoms with van der Waals surface area (Å²) in [5.74, 6) is 0.527. The lowest BCUT2D eigenvalue weighted by Gasteiger charge is -2.04. The van der Waals surface area contributed by atoms with Gasteiger partial charge in [-0.05, 0) is 37.8 Å². The Kier molecular flexibility index (Phi) is 5.46. The minimum absolute atomic E-state index is 0.136. The van der Waals surface area contributed by atoms with Gasteiger partial charge in [-0.15, -0.1) is 0 Å². The summed E-state index contributed by atoms with van der Waals surface area (Å²) in [6.07, 6.45) is 5.96. The Morgan fingerprint density at radius 2 is 2.10 bits per heavy atom. The minimum atomic E-state index is -3.38. The SMILES string of the molecule is CCCNCc1cc(S(=O)(=O)NC2CC2CCC)cn1C. The molecule has 0 aliphatic heterocycles. The van der Waals surface area contributed by atoms with Crippen LogP contribution in [0.25, 0.3) is 0 Å². The summed E-state index contributed by atoms with van der Waals surface area (Å²) in [7, 11) is -1.49. The fraction of sp³-hybridized carbons (Fsp3) is 0.733. The first-order chi connectivity index (χ1) is 9.97. The first-order valence-corrected chi connectivity index (χ1v) is 9.34. The van der Waals surface area contributed by atoms with E-state index in [0.29, 0.717) is 17.4 Å². The fourth-order valence-corrected chi connectivity index (χ4v) is 4.05. The summed E-state index contributed by atoms with van der Waals surface area (Å²) in [6, 6.07) is 1.90. The monoisotopic (exact) mass is 313 g/mol. The van der Waals surface area contributed by atoms with Crippen LogP contribution in [0.15, 0.2) is 17.2 Å². The van der Waals surface area contributed by atoms with E-state index in [1.165, 1.54) is 0 Å². The Hall–Kier alpha value is -0.850. The van der Waals surface area contributed by atoms with Crippen LogP contribution in [-0.4, -0.2) is 25.6 Å². The van der Waals surface area contributed by atoms with Crippen molar-refractivity contribution < 1.29 is 8.42 Å². The van der Waals surface area contributed by atoms with Gasteiger partial charge in [0.25, 0.3) is 0 Å². The van der Waals surface area contributed by atoms with Gasteiger partial charge < -0.3 is 9.88 Å². The van der Waals surface area contributed by atoms with Crippen LogP contribution in [0.4, 0.5) is 0 Å². The second-order valence-electron chi connectivity index (χ2n) is 5.97. The molecule has 0 amide bonds. The van der Waals surface area contributed by atoms with Crippen LogP contribution < -0.4 is 10.0 Å². The van der Waals surface area contributed by atoms with Crippen LogP contribution >= 0.6 is 0 Å². The standard InChI is InChI=1S/C15H27N3O2S/c1-4-6-12-8-15(12)17-21(19,20)14-9-13(18(3)11-14)10-16-7-5-2/h9,11-12,15-17H,4-8,10H2,1-3H3. The number of nitrogens with zero attached hydrogens (tertiary/aromatic N) is 1. The first kappa shape index (κ1) is 16.5. The molecular weight excluding hydrogens is 286 g/mol. The predicted octanol–water partition coefficient (Wildman–Crippen LogP) is 1.99. The van der Waals surface area contributed by atoms with Gasteiger partial charge in [0.1, 0.15) is 0 Å². The van der Waals surface area contributed by atoms with Crippen LogP contribution in [0, 0.1) is 5.92 Å². The molecule has 1 aliphatic carbocycles. The Morgan fingerprint density at radius 3 is 2.76 bits per heavy atom. The van der Waals surface area contributed by atoms with E-state index in [9.17, 15) is 8.42 Å². The number of aryl methyl sites for hydroxylation is 1. The predicted molar refractivity (Wildman–Crippen MR) is 84.5 cm³/mol. The summed E-state index contributed by atoms with van der Waals surface area (Å²) < 4.78 is 29.5. The largest absolute Gasteiger partial charge is 0.352 e. The Labute approximate surface area is 128 Å². The summed E-state index contributed by atoms with van der Waals surface area (Å²) in [5.41, 5.74) is 0.990. The molecule has 2 rings (SSSR count). The summed E-state index contributed by atoms with van der Waals surface area (Å²) in [4.78, 5) is 0.375. The van der Waals surface area contributed by atoms with Gasteiger partial charge in [-0.25, -0.2) is 13.1 Å². The number of hydrogen-bond acceptors (Lipinski definition) is 3. The van der Waals surface area contributed by atoms with Gasteiger partial charge in [0.15, 0.2) is 0 Å². The number of rotatable bonds is 9. The van der Waals surface area contributed by atoms with E-state index in [1.54, 1.807) is 12.3 Å². The zero-order chi connectivity index (χ0) is 15.5. The van der Waals surface area contributed by atoms with Crippen molar-refractivity contribution in [2.75, 3.05) is 6.54 Å². The van der Waals surface area contributed by atoms with Gasteiger partial charge in [0, 0.05) is 31.5 Å². The van der Waals surface area contributed by atoms with Crippen molar-refractivity contribution >= 4 is 10.0 Å². The van der Waals surface area contributed by atoms with E-state index in [4.69, 9.17) is 0 Å². The van der Waals surface area contributed by atoms with Gasteiger partial charge in [-0.2, -0.15) is 0 Å². The van der Waals surface area contributed by atoms with Crippen molar-refractivity contribution in [3.05, 3.63) is 18.0 Å². The molecule has 0 radical (unpaired) electrons. The topological polar surface area (TPSA) is 63.1 Å². The van der Waals surface area contributed by atoms with Gasteiger partial charge in [0.05, 0.1) is 4.90 Å². The van der Waals surface area contributed by atoms with Gasteiger partial charge in [-0.3, -0.25) is 0 Å². The molecule has 120 valence electrons.